The SMILES string of the molecule is COc1cc(C(=O)NC2CCN(C(=O)c3ccc(N)cc3)CC2)cc(OC)c1OC. The van der Waals surface area contributed by atoms with Gasteiger partial charge in [0, 0.05) is 35.9 Å². The molecule has 1 aliphatic heterocycles. The largest absolute Gasteiger partial charge is 0.493 e. The van der Waals surface area contributed by atoms with E-state index in [-0.39, 0.29) is 17.9 Å². The van der Waals surface area contributed by atoms with Crippen molar-refractivity contribution in [1.29, 1.82) is 0 Å². The van der Waals surface area contributed by atoms with Crippen molar-refractivity contribution in [2.24, 2.45) is 0 Å². The predicted molar refractivity (Wildman–Crippen MR) is 113 cm³/mol. The number of hydrogen-bond acceptors (Lipinski definition) is 6. The molecule has 0 unspecified atom stereocenters. The van der Waals surface area contributed by atoms with E-state index in [1.54, 1.807) is 41.3 Å². The molecule has 0 atom stereocenters. The number of anilines is 1. The van der Waals surface area contributed by atoms with Gasteiger partial charge in [-0.15, -0.1) is 0 Å². The van der Waals surface area contributed by atoms with Gasteiger partial charge >= 0.3 is 0 Å². The van der Waals surface area contributed by atoms with Crippen molar-refractivity contribution in [3.05, 3.63) is 47.5 Å². The van der Waals surface area contributed by atoms with Crippen molar-refractivity contribution in [2.75, 3.05) is 40.2 Å². The van der Waals surface area contributed by atoms with Crippen LogP contribution in [0.15, 0.2) is 36.4 Å². The molecule has 3 N–H and O–H groups in total. The van der Waals surface area contributed by atoms with Gasteiger partial charge in [-0.3, -0.25) is 9.59 Å². The van der Waals surface area contributed by atoms with Crippen LogP contribution in [0.2, 0.25) is 0 Å². The van der Waals surface area contributed by atoms with Crippen molar-refractivity contribution in [1.82, 2.24) is 10.2 Å². The molecule has 1 saturated heterocycles. The van der Waals surface area contributed by atoms with E-state index < -0.39 is 0 Å². The molecule has 8 nitrogen and oxygen atoms in total. The van der Waals surface area contributed by atoms with Crippen LogP contribution in [0, 0.1) is 0 Å². The van der Waals surface area contributed by atoms with Gasteiger partial charge in [0.1, 0.15) is 0 Å². The Kier molecular flexibility index (Phi) is 6.66. The molecule has 160 valence electrons. The molecule has 2 amide bonds. The van der Waals surface area contributed by atoms with Gasteiger partial charge < -0.3 is 30.2 Å². The maximum Gasteiger partial charge on any atom is 0.253 e. The Morgan fingerprint density at radius 3 is 2.00 bits per heavy atom. The topological polar surface area (TPSA) is 103 Å². The zero-order valence-electron chi connectivity index (χ0n) is 17.4. The van der Waals surface area contributed by atoms with Crippen LogP contribution in [0.25, 0.3) is 0 Å². The summed E-state index contributed by atoms with van der Waals surface area (Å²) in [6.07, 6.45) is 1.35. The number of amides is 2. The van der Waals surface area contributed by atoms with Crippen LogP contribution in [-0.2, 0) is 0 Å². The summed E-state index contributed by atoms with van der Waals surface area (Å²) < 4.78 is 15.9. The highest BCUT2D eigenvalue weighted by Gasteiger charge is 2.25. The molecule has 1 fully saturated rings. The van der Waals surface area contributed by atoms with E-state index >= 15 is 0 Å². The first kappa shape index (κ1) is 21.3. The Labute approximate surface area is 175 Å². The van der Waals surface area contributed by atoms with Crippen molar-refractivity contribution < 1.29 is 23.8 Å². The molecule has 1 heterocycles. The normalized spacial score (nSPS) is 14.2. The molecule has 1 aliphatic rings. The maximum absolute atomic E-state index is 12.8. The number of methoxy groups -OCH3 is 3. The summed E-state index contributed by atoms with van der Waals surface area (Å²) in [5.41, 5.74) is 7.34. The van der Waals surface area contributed by atoms with Crippen LogP contribution in [-0.4, -0.2) is 57.2 Å². The van der Waals surface area contributed by atoms with E-state index in [0.29, 0.717) is 60.0 Å². The second kappa shape index (κ2) is 9.39. The summed E-state index contributed by atoms with van der Waals surface area (Å²) in [5.74, 6) is 1.03. The lowest BCUT2D eigenvalue weighted by Crippen LogP contribution is -2.46. The molecule has 3 rings (SSSR count). The number of benzene rings is 2. The van der Waals surface area contributed by atoms with Gasteiger partial charge in [-0.2, -0.15) is 0 Å². The van der Waals surface area contributed by atoms with Crippen molar-refractivity contribution in [3.63, 3.8) is 0 Å². The second-order valence-electron chi connectivity index (χ2n) is 7.08. The third-order valence-corrected chi connectivity index (χ3v) is 5.20. The fourth-order valence-electron chi connectivity index (χ4n) is 3.52. The minimum Gasteiger partial charge on any atom is -0.493 e. The van der Waals surface area contributed by atoms with Crippen LogP contribution < -0.4 is 25.3 Å². The van der Waals surface area contributed by atoms with Gasteiger partial charge in [0.15, 0.2) is 11.5 Å². The van der Waals surface area contributed by atoms with E-state index in [4.69, 9.17) is 19.9 Å². The van der Waals surface area contributed by atoms with Gasteiger partial charge in [-0.25, -0.2) is 0 Å². The molecule has 30 heavy (non-hydrogen) atoms. The standard InChI is InChI=1S/C22H27N3O5/c1-28-18-12-15(13-19(29-2)20(18)30-3)21(26)24-17-8-10-25(11-9-17)22(27)14-4-6-16(23)7-5-14/h4-7,12-13,17H,8-11,23H2,1-3H3,(H,24,26). The molecule has 0 spiro atoms. The van der Waals surface area contributed by atoms with Gasteiger partial charge in [0.2, 0.25) is 5.75 Å². The molecule has 2 aromatic rings. The number of carbonyl (C=O) groups is 2. The molecule has 8 heteroatoms. The average Bonchev–Trinajstić information content (AvgIpc) is 2.78. The lowest BCUT2D eigenvalue weighted by molar-refractivity contribution is 0.0698. The summed E-state index contributed by atoms with van der Waals surface area (Å²) in [6, 6.07) is 10.1. The molecule has 0 bridgehead atoms. The molecule has 0 radical (unpaired) electrons. The highest BCUT2D eigenvalue weighted by molar-refractivity contribution is 5.96. The number of carbonyl (C=O) groups excluding carboxylic acids is 2. The smallest absolute Gasteiger partial charge is 0.253 e. The van der Waals surface area contributed by atoms with E-state index in [1.807, 2.05) is 0 Å². The van der Waals surface area contributed by atoms with Gasteiger partial charge in [-0.1, -0.05) is 0 Å². The number of nitrogens with two attached hydrogens (primary N) is 1. The summed E-state index contributed by atoms with van der Waals surface area (Å²) in [6.45, 7) is 1.15. The number of hydrogen-bond donors (Lipinski definition) is 2. The summed E-state index contributed by atoms with van der Waals surface area (Å²) in [7, 11) is 4.53. The summed E-state index contributed by atoms with van der Waals surface area (Å²) in [4.78, 5) is 27.2. The predicted octanol–water partition coefficient (Wildman–Crippen LogP) is 2.33. The summed E-state index contributed by atoms with van der Waals surface area (Å²) in [5, 5.41) is 3.04. The lowest BCUT2D eigenvalue weighted by Gasteiger charge is -2.32. The maximum atomic E-state index is 12.8. The molecule has 0 aliphatic carbocycles. The first-order valence-corrected chi connectivity index (χ1v) is 9.72. The minimum absolute atomic E-state index is 0.0212. The van der Waals surface area contributed by atoms with E-state index in [1.165, 1.54) is 21.3 Å². The number of nitrogens with one attached hydrogen (secondary N) is 1. The molecule has 0 saturated carbocycles. The monoisotopic (exact) mass is 413 g/mol. The highest BCUT2D eigenvalue weighted by Crippen LogP contribution is 2.38. The number of nitrogens with zero attached hydrogens (tertiary/aromatic N) is 1. The van der Waals surface area contributed by atoms with Gasteiger partial charge in [-0.05, 0) is 49.2 Å². The Bertz CT molecular complexity index is 880. The fraction of sp³-hybridized carbons (Fsp3) is 0.364. The first-order valence-electron chi connectivity index (χ1n) is 9.72. The Morgan fingerprint density at radius 2 is 1.50 bits per heavy atom. The molecule has 2 aromatic carbocycles. The number of rotatable bonds is 6. The third-order valence-electron chi connectivity index (χ3n) is 5.20. The average molecular weight is 413 g/mol. The van der Waals surface area contributed by atoms with Crippen molar-refractivity contribution in [3.8, 4) is 17.2 Å². The first-order chi connectivity index (χ1) is 14.5. The van der Waals surface area contributed by atoms with Crippen LogP contribution in [0.3, 0.4) is 0 Å². The van der Waals surface area contributed by atoms with Crippen LogP contribution in [0.4, 0.5) is 5.69 Å². The Morgan fingerprint density at radius 1 is 0.933 bits per heavy atom. The zero-order valence-corrected chi connectivity index (χ0v) is 17.4. The minimum atomic E-state index is -0.224. The Hall–Kier alpha value is -3.42. The molecular formula is C22H27N3O5. The number of piperidine rings is 1. The molecule has 0 aromatic heterocycles. The van der Waals surface area contributed by atoms with Crippen LogP contribution in [0.5, 0.6) is 17.2 Å². The number of ether oxygens (including phenoxy) is 3. The number of likely N-dealkylation sites (tertiary alicyclic amines) is 1. The quantitative estimate of drug-likeness (QED) is 0.705. The zero-order chi connectivity index (χ0) is 21.7. The fourth-order valence-corrected chi connectivity index (χ4v) is 3.52. The van der Waals surface area contributed by atoms with Crippen molar-refractivity contribution in [2.45, 2.75) is 18.9 Å². The van der Waals surface area contributed by atoms with E-state index in [9.17, 15) is 9.59 Å². The van der Waals surface area contributed by atoms with E-state index in [0.717, 1.165) is 0 Å². The van der Waals surface area contributed by atoms with Gasteiger partial charge in [0.25, 0.3) is 11.8 Å². The van der Waals surface area contributed by atoms with Crippen LogP contribution >= 0.6 is 0 Å². The molecular weight excluding hydrogens is 386 g/mol. The highest BCUT2D eigenvalue weighted by atomic mass is 16.5. The second-order valence-corrected chi connectivity index (χ2v) is 7.08. The van der Waals surface area contributed by atoms with Crippen molar-refractivity contribution >= 4 is 17.5 Å². The number of nitrogen functional groups attached to an aromatic ring is 1. The van der Waals surface area contributed by atoms with Gasteiger partial charge in [0.05, 0.1) is 21.3 Å². The third kappa shape index (κ3) is 4.59. The van der Waals surface area contributed by atoms with E-state index in [2.05, 4.69) is 5.32 Å². The Balaban J connectivity index is 1.61. The van der Waals surface area contributed by atoms with Crippen LogP contribution in [0.1, 0.15) is 33.6 Å². The summed E-state index contributed by atoms with van der Waals surface area (Å²) >= 11 is 0. The lowest BCUT2D eigenvalue weighted by atomic mass is 10.0.